The van der Waals surface area contributed by atoms with Crippen molar-refractivity contribution in [1.82, 2.24) is 5.32 Å². The fourth-order valence-corrected chi connectivity index (χ4v) is 2.67. The molecule has 0 radical (unpaired) electrons. The first kappa shape index (κ1) is 14.7. The number of carbonyl (C=O) groups excluding carboxylic acids is 1. The Morgan fingerprint density at radius 2 is 1.85 bits per heavy atom. The molecular formula is C13H11BrN2O3S. The van der Waals surface area contributed by atoms with Gasteiger partial charge in [-0.2, -0.15) is 0 Å². The van der Waals surface area contributed by atoms with E-state index in [0.717, 1.165) is 27.8 Å². The van der Waals surface area contributed by atoms with E-state index in [4.69, 9.17) is 0 Å². The lowest BCUT2D eigenvalue weighted by Crippen LogP contribution is -2.21. The molecule has 0 atom stereocenters. The third kappa shape index (κ3) is 3.64. The predicted octanol–water partition coefficient (Wildman–Crippen LogP) is 3.48. The number of hydrogen-bond acceptors (Lipinski definition) is 4. The van der Waals surface area contributed by atoms with Crippen LogP contribution in [0, 0.1) is 10.1 Å². The van der Waals surface area contributed by atoms with Gasteiger partial charge in [-0.05, 0) is 17.2 Å². The van der Waals surface area contributed by atoms with Crippen LogP contribution in [0.4, 0.5) is 5.00 Å². The summed E-state index contributed by atoms with van der Waals surface area (Å²) in [5.74, 6) is -0.298. The van der Waals surface area contributed by atoms with Crippen molar-refractivity contribution in [3.8, 4) is 0 Å². The number of nitrogens with zero attached hydrogens (tertiary/aromatic N) is 1. The first-order valence-electron chi connectivity index (χ1n) is 5.76. The van der Waals surface area contributed by atoms with Gasteiger partial charge in [0.05, 0.1) is 9.80 Å². The van der Waals surface area contributed by atoms with Gasteiger partial charge in [0.2, 0.25) is 0 Å². The second kappa shape index (κ2) is 6.62. The summed E-state index contributed by atoms with van der Waals surface area (Å²) in [6.45, 7) is 0.396. The van der Waals surface area contributed by atoms with Crippen molar-refractivity contribution in [1.29, 1.82) is 0 Å². The van der Waals surface area contributed by atoms with Crippen LogP contribution in [-0.4, -0.2) is 10.8 Å². The Kier molecular flexibility index (Phi) is 4.86. The predicted molar refractivity (Wildman–Crippen MR) is 81.2 cm³/mol. The Labute approximate surface area is 127 Å². The zero-order valence-corrected chi connectivity index (χ0v) is 12.7. The molecule has 2 aromatic rings. The topological polar surface area (TPSA) is 72.2 Å². The Morgan fingerprint density at radius 1 is 1.20 bits per heavy atom. The molecule has 0 fully saturated rings. The largest absolute Gasteiger partial charge is 0.347 e. The third-order valence-corrected chi connectivity index (χ3v) is 4.31. The number of rotatable bonds is 5. The number of nitrogens with one attached hydrogen (secondary N) is 1. The molecule has 0 aliphatic carbocycles. The summed E-state index contributed by atoms with van der Waals surface area (Å²) in [6.07, 6.45) is 0. The molecule has 0 spiro atoms. The summed E-state index contributed by atoms with van der Waals surface area (Å²) in [5.41, 5.74) is 2.14. The molecule has 0 saturated carbocycles. The molecule has 1 N–H and O–H groups in total. The second-order valence-electron chi connectivity index (χ2n) is 4.03. The van der Waals surface area contributed by atoms with E-state index in [1.807, 2.05) is 24.3 Å². The lowest BCUT2D eigenvalue weighted by molar-refractivity contribution is -0.380. The maximum atomic E-state index is 11.8. The van der Waals surface area contributed by atoms with E-state index in [-0.39, 0.29) is 10.9 Å². The summed E-state index contributed by atoms with van der Waals surface area (Å²) in [4.78, 5) is 22.2. The van der Waals surface area contributed by atoms with E-state index in [1.165, 1.54) is 12.1 Å². The van der Waals surface area contributed by atoms with Gasteiger partial charge >= 0.3 is 5.00 Å². The molecule has 0 unspecified atom stereocenters. The minimum absolute atomic E-state index is 0.0307. The standard InChI is InChI=1S/C13H11BrN2O3S/c14-7-9-1-3-10(4-2-9)8-15-13(17)11-5-6-12(20-11)16(18)19/h1-6H,7-8H2,(H,15,17). The SMILES string of the molecule is O=C(NCc1ccc(CBr)cc1)c1ccc([N+](=O)[O-])s1. The molecule has 0 bridgehead atoms. The van der Waals surface area contributed by atoms with Crippen LogP contribution >= 0.6 is 27.3 Å². The quantitative estimate of drug-likeness (QED) is 0.507. The number of alkyl halides is 1. The van der Waals surface area contributed by atoms with Crippen LogP contribution in [0.3, 0.4) is 0 Å². The van der Waals surface area contributed by atoms with E-state index in [1.54, 1.807) is 0 Å². The van der Waals surface area contributed by atoms with Gasteiger partial charge < -0.3 is 5.32 Å². The number of nitro groups is 1. The Balaban J connectivity index is 1.95. The van der Waals surface area contributed by atoms with Gasteiger partial charge in [0.1, 0.15) is 0 Å². The van der Waals surface area contributed by atoms with E-state index in [0.29, 0.717) is 11.4 Å². The summed E-state index contributed by atoms with van der Waals surface area (Å²) >= 11 is 4.24. The summed E-state index contributed by atoms with van der Waals surface area (Å²) < 4.78 is 0. The fraction of sp³-hybridized carbons (Fsp3) is 0.154. The monoisotopic (exact) mass is 354 g/mol. The molecule has 20 heavy (non-hydrogen) atoms. The molecule has 5 nitrogen and oxygen atoms in total. The van der Waals surface area contributed by atoms with E-state index in [2.05, 4.69) is 21.2 Å². The molecule has 1 heterocycles. The minimum atomic E-state index is -0.500. The van der Waals surface area contributed by atoms with Gasteiger partial charge in [0.15, 0.2) is 0 Å². The van der Waals surface area contributed by atoms with E-state index >= 15 is 0 Å². The average Bonchev–Trinajstić information content (AvgIpc) is 2.95. The van der Waals surface area contributed by atoms with Crippen molar-refractivity contribution in [2.24, 2.45) is 0 Å². The Bertz CT molecular complexity index is 625. The van der Waals surface area contributed by atoms with Crippen molar-refractivity contribution in [2.45, 2.75) is 11.9 Å². The van der Waals surface area contributed by atoms with Gasteiger partial charge in [0, 0.05) is 17.9 Å². The zero-order valence-electron chi connectivity index (χ0n) is 10.3. The van der Waals surface area contributed by atoms with Crippen LogP contribution in [-0.2, 0) is 11.9 Å². The summed E-state index contributed by atoms with van der Waals surface area (Å²) in [7, 11) is 0. The molecule has 0 aliphatic heterocycles. The minimum Gasteiger partial charge on any atom is -0.347 e. The van der Waals surface area contributed by atoms with Crippen LogP contribution in [0.1, 0.15) is 20.8 Å². The van der Waals surface area contributed by atoms with Crippen molar-refractivity contribution in [3.05, 3.63) is 62.5 Å². The van der Waals surface area contributed by atoms with Crippen LogP contribution in [0.25, 0.3) is 0 Å². The second-order valence-corrected chi connectivity index (χ2v) is 5.65. The molecular weight excluding hydrogens is 344 g/mol. The molecule has 1 aromatic heterocycles. The maximum Gasteiger partial charge on any atom is 0.324 e. The molecule has 2 rings (SSSR count). The fourth-order valence-electron chi connectivity index (χ4n) is 1.56. The van der Waals surface area contributed by atoms with Gasteiger partial charge in [-0.1, -0.05) is 51.5 Å². The maximum absolute atomic E-state index is 11.8. The normalized spacial score (nSPS) is 10.2. The zero-order chi connectivity index (χ0) is 14.5. The lowest BCUT2D eigenvalue weighted by Gasteiger charge is -2.04. The number of hydrogen-bond donors (Lipinski definition) is 1. The number of thiophene rings is 1. The highest BCUT2D eigenvalue weighted by Crippen LogP contribution is 2.23. The molecule has 0 aliphatic rings. The first-order valence-corrected chi connectivity index (χ1v) is 7.70. The van der Waals surface area contributed by atoms with Crippen LogP contribution in [0.5, 0.6) is 0 Å². The Morgan fingerprint density at radius 3 is 2.40 bits per heavy atom. The molecule has 7 heteroatoms. The van der Waals surface area contributed by atoms with Gasteiger partial charge in [-0.15, -0.1) is 0 Å². The molecule has 104 valence electrons. The van der Waals surface area contributed by atoms with Gasteiger partial charge in [0.25, 0.3) is 5.91 Å². The summed E-state index contributed by atoms with van der Waals surface area (Å²) in [6, 6.07) is 10.6. The number of halogens is 1. The summed E-state index contributed by atoms with van der Waals surface area (Å²) in [5, 5.41) is 14.1. The van der Waals surface area contributed by atoms with Gasteiger partial charge in [-0.25, -0.2) is 0 Å². The first-order chi connectivity index (χ1) is 9.60. The average molecular weight is 355 g/mol. The highest BCUT2D eigenvalue weighted by atomic mass is 79.9. The van der Waals surface area contributed by atoms with Crippen molar-refractivity contribution in [3.63, 3.8) is 0 Å². The van der Waals surface area contributed by atoms with Crippen molar-refractivity contribution >= 4 is 38.2 Å². The van der Waals surface area contributed by atoms with Crippen LogP contribution in [0.15, 0.2) is 36.4 Å². The number of benzene rings is 1. The molecule has 1 amide bonds. The van der Waals surface area contributed by atoms with Crippen molar-refractivity contribution < 1.29 is 9.72 Å². The number of amides is 1. The van der Waals surface area contributed by atoms with Gasteiger partial charge in [-0.3, -0.25) is 14.9 Å². The number of carbonyl (C=O) groups is 1. The van der Waals surface area contributed by atoms with Crippen LogP contribution < -0.4 is 5.32 Å². The lowest BCUT2D eigenvalue weighted by atomic mass is 10.1. The third-order valence-electron chi connectivity index (χ3n) is 2.63. The van der Waals surface area contributed by atoms with E-state index < -0.39 is 4.92 Å². The van der Waals surface area contributed by atoms with Crippen LogP contribution in [0.2, 0.25) is 0 Å². The van der Waals surface area contributed by atoms with Crippen molar-refractivity contribution in [2.75, 3.05) is 0 Å². The Hall–Kier alpha value is -1.73. The van der Waals surface area contributed by atoms with E-state index in [9.17, 15) is 14.9 Å². The smallest absolute Gasteiger partial charge is 0.324 e. The molecule has 0 saturated heterocycles. The molecule has 1 aromatic carbocycles. The highest BCUT2D eigenvalue weighted by Gasteiger charge is 2.14. The highest BCUT2D eigenvalue weighted by molar-refractivity contribution is 9.08.